The number of sulfone groups is 1. The van der Waals surface area contributed by atoms with E-state index in [0.29, 0.717) is 19.6 Å². The van der Waals surface area contributed by atoms with Crippen LogP contribution in [0.3, 0.4) is 0 Å². The fourth-order valence-electron chi connectivity index (χ4n) is 1.68. The predicted octanol–water partition coefficient (Wildman–Crippen LogP) is -0.368. The molecule has 0 unspecified atom stereocenters. The van der Waals surface area contributed by atoms with E-state index >= 15 is 0 Å². The lowest BCUT2D eigenvalue weighted by atomic mass is 10.0. The van der Waals surface area contributed by atoms with Crippen LogP contribution in [0, 0.1) is 0 Å². The van der Waals surface area contributed by atoms with E-state index in [2.05, 4.69) is 5.32 Å². The SMILES string of the molecule is CCS(=O)(=O)CCN1CCNC(C)(C)C1=O. The highest BCUT2D eigenvalue weighted by Crippen LogP contribution is 2.12. The Morgan fingerprint density at radius 3 is 2.62 bits per heavy atom. The standard InChI is InChI=1S/C10H20N2O3S/c1-4-16(14,15)8-7-12-6-5-11-10(2,3)9(12)13/h11H,4-8H2,1-3H3. The molecular weight excluding hydrogens is 228 g/mol. The summed E-state index contributed by atoms with van der Waals surface area (Å²) in [5.41, 5.74) is -0.575. The van der Waals surface area contributed by atoms with Crippen molar-refractivity contribution in [2.24, 2.45) is 0 Å². The second-order valence-electron chi connectivity index (χ2n) is 4.58. The smallest absolute Gasteiger partial charge is 0.242 e. The van der Waals surface area contributed by atoms with E-state index in [-0.39, 0.29) is 17.4 Å². The van der Waals surface area contributed by atoms with Crippen LogP contribution < -0.4 is 5.32 Å². The fraction of sp³-hybridized carbons (Fsp3) is 0.900. The molecule has 1 aliphatic rings. The zero-order valence-corrected chi connectivity index (χ0v) is 10.9. The molecule has 0 spiro atoms. The zero-order valence-electron chi connectivity index (χ0n) is 10.1. The molecule has 0 bridgehead atoms. The van der Waals surface area contributed by atoms with Gasteiger partial charge in [0.25, 0.3) is 0 Å². The number of carbonyl (C=O) groups excluding carboxylic acids is 1. The minimum atomic E-state index is -2.99. The average molecular weight is 248 g/mol. The van der Waals surface area contributed by atoms with Gasteiger partial charge in [-0.25, -0.2) is 8.42 Å². The quantitative estimate of drug-likeness (QED) is 0.737. The Hall–Kier alpha value is -0.620. The minimum absolute atomic E-state index is 0.0231. The maximum atomic E-state index is 11.9. The first-order chi connectivity index (χ1) is 7.28. The van der Waals surface area contributed by atoms with Gasteiger partial charge in [0.15, 0.2) is 9.84 Å². The molecule has 0 radical (unpaired) electrons. The van der Waals surface area contributed by atoms with Crippen LogP contribution in [-0.2, 0) is 14.6 Å². The van der Waals surface area contributed by atoms with Gasteiger partial charge in [-0.15, -0.1) is 0 Å². The molecule has 1 rings (SSSR count). The molecule has 1 N–H and O–H groups in total. The largest absolute Gasteiger partial charge is 0.339 e. The minimum Gasteiger partial charge on any atom is -0.339 e. The van der Waals surface area contributed by atoms with Crippen LogP contribution >= 0.6 is 0 Å². The maximum Gasteiger partial charge on any atom is 0.242 e. The van der Waals surface area contributed by atoms with Crippen LogP contribution in [0.15, 0.2) is 0 Å². The Morgan fingerprint density at radius 2 is 2.06 bits per heavy atom. The highest BCUT2D eigenvalue weighted by Gasteiger charge is 2.35. The number of hydrogen-bond donors (Lipinski definition) is 1. The summed E-state index contributed by atoms with van der Waals surface area (Å²) in [7, 11) is -2.99. The maximum absolute atomic E-state index is 11.9. The summed E-state index contributed by atoms with van der Waals surface area (Å²) < 4.78 is 22.7. The Kier molecular flexibility index (Phi) is 3.96. The number of rotatable bonds is 4. The Labute approximate surface area is 97.1 Å². The van der Waals surface area contributed by atoms with Crippen LogP contribution in [0.2, 0.25) is 0 Å². The molecule has 1 heterocycles. The van der Waals surface area contributed by atoms with E-state index in [1.807, 2.05) is 13.8 Å². The molecule has 1 amide bonds. The lowest BCUT2D eigenvalue weighted by molar-refractivity contribution is -0.139. The topological polar surface area (TPSA) is 66.5 Å². The van der Waals surface area contributed by atoms with E-state index in [4.69, 9.17) is 0 Å². The lowest BCUT2D eigenvalue weighted by Crippen LogP contribution is -2.61. The van der Waals surface area contributed by atoms with Gasteiger partial charge < -0.3 is 10.2 Å². The van der Waals surface area contributed by atoms with E-state index in [0.717, 1.165) is 0 Å². The Morgan fingerprint density at radius 1 is 1.44 bits per heavy atom. The molecule has 0 saturated carbocycles. The first-order valence-corrected chi connectivity index (χ1v) is 7.35. The summed E-state index contributed by atoms with van der Waals surface area (Å²) >= 11 is 0. The van der Waals surface area contributed by atoms with E-state index in [1.165, 1.54) is 0 Å². The molecule has 0 aromatic rings. The van der Waals surface area contributed by atoms with Crippen molar-refractivity contribution in [3.8, 4) is 0 Å². The van der Waals surface area contributed by atoms with Crippen molar-refractivity contribution in [2.45, 2.75) is 26.3 Å². The molecule has 1 fully saturated rings. The molecule has 0 aromatic carbocycles. The van der Waals surface area contributed by atoms with E-state index < -0.39 is 15.4 Å². The van der Waals surface area contributed by atoms with E-state index in [1.54, 1.807) is 11.8 Å². The molecule has 1 saturated heterocycles. The van der Waals surface area contributed by atoms with Gasteiger partial charge in [-0.2, -0.15) is 0 Å². The third-order valence-corrected chi connectivity index (χ3v) is 4.57. The van der Waals surface area contributed by atoms with Crippen LogP contribution in [0.4, 0.5) is 0 Å². The van der Waals surface area contributed by atoms with Crippen molar-refractivity contribution < 1.29 is 13.2 Å². The third-order valence-electron chi connectivity index (χ3n) is 2.88. The molecular formula is C10H20N2O3S. The molecule has 1 aliphatic heterocycles. The average Bonchev–Trinajstić information content (AvgIpc) is 2.20. The monoisotopic (exact) mass is 248 g/mol. The molecule has 0 aliphatic carbocycles. The van der Waals surface area contributed by atoms with Gasteiger partial charge in [0.05, 0.1) is 11.3 Å². The van der Waals surface area contributed by atoms with Gasteiger partial charge in [-0.3, -0.25) is 4.79 Å². The van der Waals surface area contributed by atoms with Gasteiger partial charge in [-0.05, 0) is 13.8 Å². The molecule has 94 valence electrons. The van der Waals surface area contributed by atoms with Gasteiger partial charge >= 0.3 is 0 Å². The normalized spacial score (nSPS) is 21.2. The molecule has 5 nitrogen and oxygen atoms in total. The number of nitrogens with one attached hydrogen (secondary N) is 1. The van der Waals surface area contributed by atoms with E-state index in [9.17, 15) is 13.2 Å². The highest BCUT2D eigenvalue weighted by atomic mass is 32.2. The second kappa shape index (κ2) is 4.71. The zero-order chi connectivity index (χ0) is 12.4. The second-order valence-corrected chi connectivity index (χ2v) is 7.05. The number of piperazine rings is 1. The van der Waals surface area contributed by atoms with Gasteiger partial charge in [0.1, 0.15) is 0 Å². The summed E-state index contributed by atoms with van der Waals surface area (Å²) in [6, 6.07) is 0. The van der Waals surface area contributed by atoms with Gasteiger partial charge in [-0.1, -0.05) is 6.92 Å². The highest BCUT2D eigenvalue weighted by molar-refractivity contribution is 7.91. The predicted molar refractivity (Wildman–Crippen MR) is 63.0 cm³/mol. The van der Waals surface area contributed by atoms with Crippen LogP contribution in [0.1, 0.15) is 20.8 Å². The van der Waals surface area contributed by atoms with Crippen molar-refractivity contribution in [3.05, 3.63) is 0 Å². The number of carbonyl (C=O) groups is 1. The molecule has 6 heteroatoms. The summed E-state index contributed by atoms with van der Waals surface area (Å²) in [5.74, 6) is 0.173. The number of nitrogens with zero attached hydrogens (tertiary/aromatic N) is 1. The summed E-state index contributed by atoms with van der Waals surface area (Å²) in [6.07, 6.45) is 0. The molecule has 16 heavy (non-hydrogen) atoms. The van der Waals surface area contributed by atoms with Crippen molar-refractivity contribution >= 4 is 15.7 Å². The lowest BCUT2D eigenvalue weighted by Gasteiger charge is -2.38. The molecule has 0 aromatic heterocycles. The first-order valence-electron chi connectivity index (χ1n) is 5.53. The van der Waals surface area contributed by atoms with Crippen molar-refractivity contribution in [1.29, 1.82) is 0 Å². The fourth-order valence-corrected chi connectivity index (χ4v) is 2.47. The summed E-state index contributed by atoms with van der Waals surface area (Å²) in [5, 5.41) is 3.11. The van der Waals surface area contributed by atoms with Crippen LogP contribution in [0.5, 0.6) is 0 Å². The summed E-state index contributed by atoms with van der Waals surface area (Å²) in [6.45, 7) is 6.86. The van der Waals surface area contributed by atoms with Crippen molar-refractivity contribution in [2.75, 3.05) is 31.1 Å². The first kappa shape index (κ1) is 13.4. The van der Waals surface area contributed by atoms with Crippen LogP contribution in [-0.4, -0.2) is 55.9 Å². The van der Waals surface area contributed by atoms with Crippen molar-refractivity contribution in [3.63, 3.8) is 0 Å². The summed E-state index contributed by atoms with van der Waals surface area (Å²) in [4.78, 5) is 13.5. The Bertz CT molecular complexity index is 362. The van der Waals surface area contributed by atoms with Gasteiger partial charge in [0.2, 0.25) is 5.91 Å². The third kappa shape index (κ3) is 3.18. The Balaban J connectivity index is 2.59. The van der Waals surface area contributed by atoms with Gasteiger partial charge in [0, 0.05) is 25.4 Å². The molecule has 0 atom stereocenters. The van der Waals surface area contributed by atoms with Crippen molar-refractivity contribution in [1.82, 2.24) is 10.2 Å². The number of hydrogen-bond acceptors (Lipinski definition) is 4. The van der Waals surface area contributed by atoms with Crippen LogP contribution in [0.25, 0.3) is 0 Å². The number of amides is 1.